The van der Waals surface area contributed by atoms with Crippen LogP contribution in [0.25, 0.3) is 0 Å². The molecule has 0 bridgehead atoms. The van der Waals surface area contributed by atoms with Crippen LogP contribution >= 0.6 is 11.6 Å². The maximum Gasteiger partial charge on any atom is 0.215 e. The monoisotopic (exact) mass is 209 g/mol. The summed E-state index contributed by atoms with van der Waals surface area (Å²) in [5, 5.41) is -0.353. The summed E-state index contributed by atoms with van der Waals surface area (Å²) in [6.07, 6.45) is 4.80. The lowest BCUT2D eigenvalue weighted by atomic mass is 10.2. The normalized spacial score (nSPS) is 28.2. The molecule has 3 nitrogen and oxygen atoms in total. The Morgan fingerprint density at radius 3 is 2.92 bits per heavy atom. The number of rotatable bonds is 2. The van der Waals surface area contributed by atoms with Crippen LogP contribution in [0.3, 0.4) is 0 Å². The van der Waals surface area contributed by atoms with Crippen LogP contribution in [-0.2, 0) is 10.0 Å². The lowest BCUT2D eigenvalue weighted by Gasteiger charge is -2.12. The van der Waals surface area contributed by atoms with Crippen LogP contribution in [0.15, 0.2) is 12.2 Å². The summed E-state index contributed by atoms with van der Waals surface area (Å²) in [5.41, 5.74) is 0. The molecule has 0 aromatic heterocycles. The molecule has 1 aliphatic rings. The number of halogens is 1. The Kier molecular flexibility index (Phi) is 3.55. The highest BCUT2D eigenvalue weighted by molar-refractivity contribution is 7.90. The quantitative estimate of drug-likeness (QED) is 0.542. The van der Waals surface area contributed by atoms with Crippen LogP contribution in [0.4, 0.5) is 0 Å². The first-order valence-corrected chi connectivity index (χ1v) is 5.94. The molecule has 0 saturated carbocycles. The maximum absolute atomic E-state index is 11.4. The van der Waals surface area contributed by atoms with E-state index in [1.54, 1.807) is 0 Å². The molecule has 0 aromatic rings. The zero-order valence-corrected chi connectivity index (χ0v) is 8.24. The van der Waals surface area contributed by atoms with Crippen LogP contribution in [0.2, 0.25) is 0 Å². The summed E-state index contributed by atoms with van der Waals surface area (Å²) >= 11 is 5.50. The van der Waals surface area contributed by atoms with Gasteiger partial charge in [-0.25, -0.2) is 13.1 Å². The summed E-state index contributed by atoms with van der Waals surface area (Å²) < 4.78 is 25.2. The Bertz CT molecular complexity index is 261. The molecule has 1 N–H and O–H groups in total. The predicted molar refractivity (Wildman–Crippen MR) is 49.8 cm³/mol. The highest BCUT2D eigenvalue weighted by Crippen LogP contribution is 2.13. The van der Waals surface area contributed by atoms with Crippen LogP contribution in [0, 0.1) is 0 Å². The Morgan fingerprint density at radius 2 is 2.25 bits per heavy atom. The summed E-state index contributed by atoms with van der Waals surface area (Å²) in [5.74, 6) is 0.388. The number of nitrogens with one attached hydrogen (secondary N) is 1. The Hall–Kier alpha value is -0.0600. The maximum atomic E-state index is 11.4. The number of sulfonamides is 1. The van der Waals surface area contributed by atoms with Crippen molar-refractivity contribution in [1.29, 1.82) is 0 Å². The van der Waals surface area contributed by atoms with E-state index in [0.29, 0.717) is 25.3 Å². The van der Waals surface area contributed by atoms with Crippen LogP contribution in [-0.4, -0.2) is 26.1 Å². The molecule has 1 atom stereocenters. The van der Waals surface area contributed by atoms with E-state index in [1.807, 2.05) is 12.2 Å². The largest absolute Gasteiger partial charge is 0.215 e. The third-order valence-electron chi connectivity index (χ3n) is 1.84. The number of hydrogen-bond acceptors (Lipinski definition) is 2. The zero-order chi connectivity index (χ0) is 9.03. The molecule has 5 heteroatoms. The first-order chi connectivity index (χ1) is 5.67. The van der Waals surface area contributed by atoms with Gasteiger partial charge in [0.15, 0.2) is 0 Å². The molecule has 1 unspecified atom stereocenters. The van der Waals surface area contributed by atoms with E-state index < -0.39 is 10.0 Å². The minimum Gasteiger partial charge on any atom is -0.212 e. The van der Waals surface area contributed by atoms with Crippen molar-refractivity contribution in [2.24, 2.45) is 0 Å². The molecule has 0 radical (unpaired) electrons. The zero-order valence-electron chi connectivity index (χ0n) is 6.66. The van der Waals surface area contributed by atoms with Crippen LogP contribution < -0.4 is 4.72 Å². The molecule has 0 aromatic carbocycles. The van der Waals surface area contributed by atoms with Gasteiger partial charge in [-0.05, 0) is 12.8 Å². The molecule has 0 spiro atoms. The number of alkyl halides is 1. The van der Waals surface area contributed by atoms with Crippen molar-refractivity contribution >= 4 is 21.6 Å². The van der Waals surface area contributed by atoms with Gasteiger partial charge in [0.05, 0.1) is 5.25 Å². The molecule has 70 valence electrons. The SMILES string of the molecule is O=S1(=O)NCC=CCC1CCCl. The second-order valence-corrected chi connectivity index (χ2v) is 5.12. The van der Waals surface area contributed by atoms with E-state index in [-0.39, 0.29) is 5.25 Å². The molecule has 1 rings (SSSR count). The Balaban J connectivity index is 2.72. The van der Waals surface area contributed by atoms with Gasteiger partial charge in [-0.15, -0.1) is 11.6 Å². The molecule has 0 amide bonds. The predicted octanol–water partition coefficient (Wildman–Crippen LogP) is 0.863. The standard InChI is InChI=1S/C7H12ClNO2S/c8-5-4-7-3-1-2-6-9-12(7,10)11/h1-2,7,9H,3-6H2. The highest BCUT2D eigenvalue weighted by atomic mass is 35.5. The summed E-state index contributed by atoms with van der Waals surface area (Å²) in [6, 6.07) is 0. The smallest absolute Gasteiger partial charge is 0.212 e. The van der Waals surface area contributed by atoms with Crippen LogP contribution in [0.5, 0.6) is 0 Å². The van der Waals surface area contributed by atoms with Gasteiger partial charge in [-0.1, -0.05) is 12.2 Å². The van der Waals surface area contributed by atoms with Gasteiger partial charge in [0, 0.05) is 12.4 Å². The van der Waals surface area contributed by atoms with Crippen molar-refractivity contribution in [3.63, 3.8) is 0 Å². The fourth-order valence-corrected chi connectivity index (χ4v) is 2.88. The lowest BCUT2D eigenvalue weighted by Crippen LogP contribution is -2.33. The van der Waals surface area contributed by atoms with Crippen molar-refractivity contribution in [1.82, 2.24) is 4.72 Å². The molecule has 12 heavy (non-hydrogen) atoms. The summed E-state index contributed by atoms with van der Waals surface area (Å²) in [6.45, 7) is 0.404. The van der Waals surface area contributed by atoms with Gasteiger partial charge in [0.2, 0.25) is 10.0 Å². The third kappa shape index (κ3) is 2.47. The van der Waals surface area contributed by atoms with Crippen molar-refractivity contribution in [3.8, 4) is 0 Å². The Labute approximate surface area is 77.8 Å². The molecule has 1 heterocycles. The van der Waals surface area contributed by atoms with Gasteiger partial charge in [-0.2, -0.15) is 0 Å². The van der Waals surface area contributed by atoms with Crippen molar-refractivity contribution < 1.29 is 8.42 Å². The molecule has 0 fully saturated rings. The first-order valence-electron chi connectivity index (χ1n) is 3.86. The topological polar surface area (TPSA) is 46.2 Å². The van der Waals surface area contributed by atoms with Gasteiger partial charge in [0.25, 0.3) is 0 Å². The third-order valence-corrected chi connectivity index (χ3v) is 3.93. The minimum absolute atomic E-state index is 0.353. The second kappa shape index (κ2) is 4.25. The van der Waals surface area contributed by atoms with Gasteiger partial charge in [-0.3, -0.25) is 0 Å². The average molecular weight is 210 g/mol. The Morgan fingerprint density at radius 1 is 1.50 bits per heavy atom. The van der Waals surface area contributed by atoms with E-state index in [2.05, 4.69) is 4.72 Å². The van der Waals surface area contributed by atoms with Crippen LogP contribution in [0.1, 0.15) is 12.8 Å². The average Bonchev–Trinajstić information content (AvgIpc) is 2.15. The van der Waals surface area contributed by atoms with E-state index >= 15 is 0 Å². The second-order valence-electron chi connectivity index (χ2n) is 2.70. The van der Waals surface area contributed by atoms with Gasteiger partial charge in [0.1, 0.15) is 0 Å². The minimum atomic E-state index is -3.12. The molecular weight excluding hydrogens is 198 g/mol. The van der Waals surface area contributed by atoms with Crippen molar-refractivity contribution in [2.45, 2.75) is 18.1 Å². The molecule has 0 aliphatic carbocycles. The fraction of sp³-hybridized carbons (Fsp3) is 0.714. The molecule has 0 saturated heterocycles. The molecule has 1 aliphatic heterocycles. The highest BCUT2D eigenvalue weighted by Gasteiger charge is 2.24. The van der Waals surface area contributed by atoms with Gasteiger partial charge < -0.3 is 0 Å². The fourth-order valence-electron chi connectivity index (χ4n) is 1.13. The van der Waals surface area contributed by atoms with E-state index in [4.69, 9.17) is 11.6 Å². The number of allylic oxidation sites excluding steroid dienone is 1. The lowest BCUT2D eigenvalue weighted by molar-refractivity contribution is 0.567. The van der Waals surface area contributed by atoms with E-state index in [0.717, 1.165) is 0 Å². The van der Waals surface area contributed by atoms with Crippen molar-refractivity contribution in [2.75, 3.05) is 12.4 Å². The van der Waals surface area contributed by atoms with Gasteiger partial charge >= 0.3 is 0 Å². The van der Waals surface area contributed by atoms with E-state index in [9.17, 15) is 8.42 Å². The number of hydrogen-bond donors (Lipinski definition) is 1. The molecular formula is C7H12ClNO2S. The van der Waals surface area contributed by atoms with Crippen molar-refractivity contribution in [3.05, 3.63) is 12.2 Å². The summed E-state index contributed by atoms with van der Waals surface area (Å²) in [4.78, 5) is 0. The summed E-state index contributed by atoms with van der Waals surface area (Å²) in [7, 11) is -3.12. The van der Waals surface area contributed by atoms with E-state index in [1.165, 1.54) is 0 Å². The first kappa shape index (κ1) is 10.0.